The Morgan fingerprint density at radius 2 is 1.81 bits per heavy atom. The van der Waals surface area contributed by atoms with Crippen molar-refractivity contribution in [2.24, 2.45) is 0 Å². The average Bonchev–Trinajstić information content (AvgIpc) is 3.18. The summed E-state index contributed by atoms with van der Waals surface area (Å²) in [4.78, 5) is 18.1. The first-order valence-electron chi connectivity index (χ1n) is 9.25. The highest BCUT2D eigenvalue weighted by Gasteiger charge is 2.17. The smallest absolute Gasteiger partial charge is 0.234 e. The molecule has 0 radical (unpaired) electrons. The topological polar surface area (TPSA) is 35.6 Å². The molecule has 1 aliphatic heterocycles. The number of piperazine rings is 1. The molecule has 1 amide bonds. The second-order valence-corrected chi connectivity index (χ2v) is 7.60. The van der Waals surface area contributed by atoms with Crippen LogP contribution in [0.1, 0.15) is 10.4 Å². The highest BCUT2D eigenvalue weighted by molar-refractivity contribution is 7.09. The summed E-state index contributed by atoms with van der Waals surface area (Å²) >= 11 is 1.74. The molecule has 2 heterocycles. The maximum atomic E-state index is 12.1. The summed E-state index contributed by atoms with van der Waals surface area (Å²) in [5.74, 6) is 0.138. The van der Waals surface area contributed by atoms with Crippen molar-refractivity contribution in [3.05, 3.63) is 64.4 Å². The van der Waals surface area contributed by atoms with Gasteiger partial charge in [-0.1, -0.05) is 48.6 Å². The fraction of sp³-hybridized carbons (Fsp3) is 0.381. The molecule has 138 valence electrons. The molecule has 0 atom stereocenters. The summed E-state index contributed by atoms with van der Waals surface area (Å²) in [5, 5.41) is 5.11. The monoisotopic (exact) mass is 369 g/mol. The zero-order valence-electron chi connectivity index (χ0n) is 15.1. The number of amides is 1. The number of nitrogens with one attached hydrogen (secondary N) is 1. The van der Waals surface area contributed by atoms with Crippen molar-refractivity contribution in [1.29, 1.82) is 0 Å². The maximum absolute atomic E-state index is 12.1. The third-order valence-corrected chi connectivity index (χ3v) is 5.52. The summed E-state index contributed by atoms with van der Waals surface area (Å²) in [6.07, 6.45) is 5.32. The maximum Gasteiger partial charge on any atom is 0.234 e. The van der Waals surface area contributed by atoms with Gasteiger partial charge in [0.15, 0.2) is 0 Å². The van der Waals surface area contributed by atoms with E-state index in [4.69, 9.17) is 0 Å². The van der Waals surface area contributed by atoms with Gasteiger partial charge in [0, 0.05) is 44.1 Å². The van der Waals surface area contributed by atoms with Gasteiger partial charge < -0.3 is 5.32 Å². The number of nitrogens with zero attached hydrogens (tertiary/aromatic N) is 2. The number of carbonyl (C=O) groups is 1. The fourth-order valence-electron chi connectivity index (χ4n) is 3.07. The van der Waals surface area contributed by atoms with E-state index in [9.17, 15) is 4.79 Å². The number of thiophene rings is 1. The van der Waals surface area contributed by atoms with E-state index in [-0.39, 0.29) is 5.91 Å². The van der Waals surface area contributed by atoms with Crippen molar-refractivity contribution in [3.63, 3.8) is 0 Å². The Balaban J connectivity index is 1.29. The largest absolute Gasteiger partial charge is 0.355 e. The molecule has 0 aliphatic carbocycles. The third-order valence-electron chi connectivity index (χ3n) is 4.58. The van der Waals surface area contributed by atoms with Crippen molar-refractivity contribution in [3.8, 4) is 0 Å². The molecule has 0 spiro atoms. The van der Waals surface area contributed by atoms with Gasteiger partial charge in [-0.3, -0.25) is 14.6 Å². The molecule has 1 N–H and O–H groups in total. The number of rotatable bonds is 8. The lowest BCUT2D eigenvalue weighted by molar-refractivity contribution is -0.122. The van der Waals surface area contributed by atoms with Crippen molar-refractivity contribution in [2.75, 3.05) is 45.8 Å². The predicted octanol–water partition coefficient (Wildman–Crippen LogP) is 2.74. The second kappa shape index (κ2) is 10.3. The Bertz CT molecular complexity index is 677. The van der Waals surface area contributed by atoms with Gasteiger partial charge in [0.1, 0.15) is 0 Å². The van der Waals surface area contributed by atoms with Crippen LogP contribution in [0.25, 0.3) is 6.08 Å². The van der Waals surface area contributed by atoms with Gasteiger partial charge in [-0.2, -0.15) is 0 Å². The van der Waals surface area contributed by atoms with Gasteiger partial charge in [0.25, 0.3) is 0 Å². The zero-order chi connectivity index (χ0) is 18.0. The van der Waals surface area contributed by atoms with E-state index in [0.717, 1.165) is 45.7 Å². The summed E-state index contributed by atoms with van der Waals surface area (Å²) in [6.45, 7) is 6.15. The van der Waals surface area contributed by atoms with Crippen LogP contribution < -0.4 is 5.32 Å². The van der Waals surface area contributed by atoms with Crippen LogP contribution in [0.3, 0.4) is 0 Å². The van der Waals surface area contributed by atoms with Gasteiger partial charge in [-0.25, -0.2) is 0 Å². The van der Waals surface area contributed by atoms with E-state index < -0.39 is 0 Å². The predicted molar refractivity (Wildman–Crippen MR) is 109 cm³/mol. The molecular formula is C21H27N3OS. The van der Waals surface area contributed by atoms with Crippen LogP contribution >= 0.6 is 11.3 Å². The van der Waals surface area contributed by atoms with Gasteiger partial charge in [-0.05, 0) is 23.4 Å². The van der Waals surface area contributed by atoms with Gasteiger partial charge in [0.05, 0.1) is 6.54 Å². The van der Waals surface area contributed by atoms with Crippen LogP contribution in [0.5, 0.6) is 0 Å². The van der Waals surface area contributed by atoms with Crippen LogP contribution in [0, 0.1) is 0 Å². The number of carbonyl (C=O) groups excluding carboxylic acids is 1. The van der Waals surface area contributed by atoms with E-state index >= 15 is 0 Å². The highest BCUT2D eigenvalue weighted by Crippen LogP contribution is 2.08. The molecule has 1 aromatic carbocycles. The SMILES string of the molecule is O=C(CN1CCN(C/C=C/c2ccccc2)CC1)NCCc1cccs1. The van der Waals surface area contributed by atoms with E-state index in [1.165, 1.54) is 10.4 Å². The molecule has 1 aromatic heterocycles. The normalized spacial score (nSPS) is 16.2. The lowest BCUT2D eigenvalue weighted by Gasteiger charge is -2.33. The van der Waals surface area contributed by atoms with E-state index in [1.54, 1.807) is 11.3 Å². The van der Waals surface area contributed by atoms with Crippen molar-refractivity contribution in [1.82, 2.24) is 15.1 Å². The standard InChI is InChI=1S/C21H27N3OS/c25-21(22-11-10-20-9-5-17-26-20)18-24-15-13-23(14-16-24)12-4-8-19-6-2-1-3-7-19/h1-9,17H,10-16,18H2,(H,22,25)/b8-4+. The Morgan fingerprint density at radius 3 is 2.54 bits per heavy atom. The lowest BCUT2D eigenvalue weighted by atomic mass is 10.2. The van der Waals surface area contributed by atoms with Crippen LogP contribution in [0.4, 0.5) is 0 Å². The molecule has 26 heavy (non-hydrogen) atoms. The average molecular weight is 370 g/mol. The first kappa shape index (κ1) is 18.8. The van der Waals surface area contributed by atoms with Crippen LogP contribution in [0.15, 0.2) is 53.9 Å². The first-order chi connectivity index (χ1) is 12.8. The molecule has 5 heteroatoms. The summed E-state index contributed by atoms with van der Waals surface area (Å²) in [5.41, 5.74) is 1.24. The van der Waals surface area contributed by atoms with Crippen molar-refractivity contribution >= 4 is 23.3 Å². The number of hydrogen-bond donors (Lipinski definition) is 1. The quantitative estimate of drug-likeness (QED) is 0.777. The zero-order valence-corrected chi connectivity index (χ0v) is 16.0. The fourth-order valence-corrected chi connectivity index (χ4v) is 3.78. The van der Waals surface area contributed by atoms with Gasteiger partial charge >= 0.3 is 0 Å². The minimum absolute atomic E-state index is 0.138. The molecule has 3 rings (SSSR count). The Labute approximate surface area is 160 Å². The second-order valence-electron chi connectivity index (χ2n) is 6.57. The number of hydrogen-bond acceptors (Lipinski definition) is 4. The van der Waals surface area contributed by atoms with E-state index in [2.05, 4.69) is 69.0 Å². The molecule has 1 saturated heterocycles. The Hall–Kier alpha value is -1.95. The van der Waals surface area contributed by atoms with E-state index in [1.807, 2.05) is 6.07 Å². The summed E-state index contributed by atoms with van der Waals surface area (Å²) in [6, 6.07) is 14.6. The molecule has 0 saturated carbocycles. The van der Waals surface area contributed by atoms with E-state index in [0.29, 0.717) is 6.54 Å². The van der Waals surface area contributed by atoms with Crippen molar-refractivity contribution in [2.45, 2.75) is 6.42 Å². The minimum atomic E-state index is 0.138. The highest BCUT2D eigenvalue weighted by atomic mass is 32.1. The summed E-state index contributed by atoms with van der Waals surface area (Å²) < 4.78 is 0. The molecule has 0 bridgehead atoms. The van der Waals surface area contributed by atoms with Crippen LogP contribution in [-0.2, 0) is 11.2 Å². The molecular weight excluding hydrogens is 342 g/mol. The first-order valence-corrected chi connectivity index (χ1v) is 10.1. The van der Waals surface area contributed by atoms with Gasteiger partial charge in [0.2, 0.25) is 5.91 Å². The van der Waals surface area contributed by atoms with Crippen molar-refractivity contribution < 1.29 is 4.79 Å². The molecule has 1 aliphatic rings. The Morgan fingerprint density at radius 1 is 1.04 bits per heavy atom. The Kier molecular flexibility index (Phi) is 7.43. The van der Waals surface area contributed by atoms with Crippen LogP contribution in [0.2, 0.25) is 0 Å². The van der Waals surface area contributed by atoms with Gasteiger partial charge in [-0.15, -0.1) is 11.3 Å². The lowest BCUT2D eigenvalue weighted by Crippen LogP contribution is -2.49. The third kappa shape index (κ3) is 6.41. The molecule has 2 aromatic rings. The number of benzene rings is 1. The molecule has 1 fully saturated rings. The van der Waals surface area contributed by atoms with Crippen LogP contribution in [-0.4, -0.2) is 61.5 Å². The molecule has 0 unspecified atom stereocenters. The summed E-state index contributed by atoms with van der Waals surface area (Å²) in [7, 11) is 0. The molecule has 4 nitrogen and oxygen atoms in total. The minimum Gasteiger partial charge on any atom is -0.355 e.